The quantitative estimate of drug-likeness (QED) is 0.593. The first-order chi connectivity index (χ1) is 7.20. The van der Waals surface area contributed by atoms with Crippen LogP contribution in [-0.4, -0.2) is 21.9 Å². The van der Waals surface area contributed by atoms with Gasteiger partial charge in [-0.2, -0.15) is 0 Å². The van der Waals surface area contributed by atoms with Gasteiger partial charge in [0.05, 0.1) is 22.2 Å². The molecule has 0 aliphatic heterocycles. The minimum Gasteiger partial charge on any atom is -0.372 e. The molecule has 2 rings (SSSR count). The van der Waals surface area contributed by atoms with E-state index >= 15 is 0 Å². The van der Waals surface area contributed by atoms with Crippen LogP contribution in [0.1, 0.15) is 0 Å². The summed E-state index contributed by atoms with van der Waals surface area (Å²) in [4.78, 5) is 18.4. The zero-order chi connectivity index (χ0) is 10.8. The zero-order valence-corrected chi connectivity index (χ0v) is 7.97. The summed E-state index contributed by atoms with van der Waals surface area (Å²) in [6.45, 7) is 0. The lowest BCUT2D eigenvalue weighted by atomic mass is 10.2. The van der Waals surface area contributed by atoms with Gasteiger partial charge in [-0.05, 0) is 6.07 Å². The molecule has 0 fully saturated rings. The molecule has 76 valence electrons. The lowest BCUT2D eigenvalue weighted by molar-refractivity contribution is -0.384. The summed E-state index contributed by atoms with van der Waals surface area (Å²) >= 11 is 0. The molecule has 0 unspecified atom stereocenters. The zero-order valence-electron chi connectivity index (χ0n) is 7.97. The van der Waals surface area contributed by atoms with Crippen LogP contribution >= 0.6 is 0 Å². The van der Waals surface area contributed by atoms with Gasteiger partial charge in [0.1, 0.15) is 5.82 Å². The Morgan fingerprint density at radius 1 is 1.40 bits per heavy atom. The molecule has 0 bridgehead atoms. The maximum absolute atomic E-state index is 10.5. The third-order valence-electron chi connectivity index (χ3n) is 1.99. The maximum Gasteiger partial charge on any atom is 0.271 e. The fourth-order valence-corrected chi connectivity index (χ4v) is 1.23. The van der Waals surface area contributed by atoms with Crippen LogP contribution in [0.25, 0.3) is 11.0 Å². The largest absolute Gasteiger partial charge is 0.372 e. The molecule has 1 heterocycles. The third kappa shape index (κ3) is 1.69. The van der Waals surface area contributed by atoms with Crippen molar-refractivity contribution in [3.63, 3.8) is 0 Å². The van der Waals surface area contributed by atoms with Gasteiger partial charge < -0.3 is 5.32 Å². The van der Waals surface area contributed by atoms with Crippen molar-refractivity contribution in [2.75, 3.05) is 12.4 Å². The Bertz CT molecular complexity index is 527. The summed E-state index contributed by atoms with van der Waals surface area (Å²) < 4.78 is 0. The van der Waals surface area contributed by atoms with E-state index in [0.717, 1.165) is 0 Å². The number of nitro groups is 1. The number of aromatic nitrogens is 2. The van der Waals surface area contributed by atoms with Gasteiger partial charge in [0, 0.05) is 19.2 Å². The molecule has 1 aromatic carbocycles. The molecule has 1 N–H and O–H groups in total. The third-order valence-corrected chi connectivity index (χ3v) is 1.99. The van der Waals surface area contributed by atoms with Gasteiger partial charge in [-0.3, -0.25) is 15.1 Å². The molecular weight excluding hydrogens is 196 g/mol. The number of fused-ring (bicyclic) bond motifs is 1. The van der Waals surface area contributed by atoms with Gasteiger partial charge in [0.15, 0.2) is 0 Å². The van der Waals surface area contributed by atoms with Crippen molar-refractivity contribution in [1.29, 1.82) is 0 Å². The molecule has 6 nitrogen and oxygen atoms in total. The topological polar surface area (TPSA) is 81.0 Å². The molecule has 0 spiro atoms. The van der Waals surface area contributed by atoms with Crippen LogP contribution in [0.5, 0.6) is 0 Å². The van der Waals surface area contributed by atoms with Crippen molar-refractivity contribution in [1.82, 2.24) is 9.97 Å². The van der Waals surface area contributed by atoms with Crippen LogP contribution in [0, 0.1) is 10.1 Å². The molecule has 1 aromatic heterocycles. The number of hydrogen-bond acceptors (Lipinski definition) is 5. The van der Waals surface area contributed by atoms with Gasteiger partial charge in [-0.1, -0.05) is 0 Å². The molecule has 0 atom stereocenters. The Morgan fingerprint density at radius 2 is 2.20 bits per heavy atom. The van der Waals surface area contributed by atoms with Gasteiger partial charge in [0.2, 0.25) is 0 Å². The first-order valence-electron chi connectivity index (χ1n) is 4.29. The predicted molar refractivity (Wildman–Crippen MR) is 55.7 cm³/mol. The molecule has 0 aliphatic carbocycles. The Hall–Kier alpha value is -2.24. The predicted octanol–water partition coefficient (Wildman–Crippen LogP) is 1.58. The summed E-state index contributed by atoms with van der Waals surface area (Å²) in [6, 6.07) is 4.40. The van der Waals surface area contributed by atoms with Gasteiger partial charge in [-0.25, -0.2) is 4.98 Å². The van der Waals surface area contributed by atoms with Crippen molar-refractivity contribution in [2.24, 2.45) is 0 Å². The van der Waals surface area contributed by atoms with E-state index in [0.29, 0.717) is 16.9 Å². The molecule has 6 heteroatoms. The summed E-state index contributed by atoms with van der Waals surface area (Å²) in [6.07, 6.45) is 1.58. The molecule has 0 aliphatic rings. The Kier molecular flexibility index (Phi) is 2.17. The minimum atomic E-state index is -0.451. The number of non-ortho nitro benzene ring substituents is 1. The molecule has 0 amide bonds. The van der Waals surface area contributed by atoms with E-state index in [2.05, 4.69) is 15.3 Å². The number of nitrogens with one attached hydrogen (secondary N) is 1. The highest BCUT2D eigenvalue weighted by atomic mass is 16.6. The van der Waals surface area contributed by atoms with Crippen LogP contribution in [0.2, 0.25) is 0 Å². The number of nitro benzene ring substituents is 1. The van der Waals surface area contributed by atoms with Crippen molar-refractivity contribution in [2.45, 2.75) is 0 Å². The average Bonchev–Trinajstić information content (AvgIpc) is 2.27. The van der Waals surface area contributed by atoms with Crippen molar-refractivity contribution in [3.8, 4) is 0 Å². The smallest absolute Gasteiger partial charge is 0.271 e. The van der Waals surface area contributed by atoms with E-state index < -0.39 is 4.92 Å². The Morgan fingerprint density at radius 3 is 2.87 bits per heavy atom. The second-order valence-corrected chi connectivity index (χ2v) is 2.94. The second-order valence-electron chi connectivity index (χ2n) is 2.94. The van der Waals surface area contributed by atoms with Crippen molar-refractivity contribution >= 4 is 22.5 Å². The molecule has 2 aromatic rings. The molecular formula is C9H8N4O2. The number of rotatable bonds is 2. The van der Waals surface area contributed by atoms with E-state index in [-0.39, 0.29) is 5.69 Å². The average molecular weight is 204 g/mol. The van der Waals surface area contributed by atoms with E-state index in [4.69, 9.17) is 0 Å². The van der Waals surface area contributed by atoms with E-state index in [1.165, 1.54) is 12.1 Å². The highest BCUT2D eigenvalue weighted by Gasteiger charge is 2.07. The fraction of sp³-hybridized carbons (Fsp3) is 0.111. The number of nitrogens with zero attached hydrogens (tertiary/aromatic N) is 3. The number of anilines is 1. The highest BCUT2D eigenvalue weighted by Crippen LogP contribution is 2.18. The summed E-state index contributed by atoms with van der Waals surface area (Å²) in [5.74, 6) is 0.586. The monoisotopic (exact) mass is 204 g/mol. The van der Waals surface area contributed by atoms with Crippen LogP contribution in [0.3, 0.4) is 0 Å². The van der Waals surface area contributed by atoms with E-state index in [9.17, 15) is 10.1 Å². The van der Waals surface area contributed by atoms with Crippen LogP contribution in [0.4, 0.5) is 11.5 Å². The molecule has 15 heavy (non-hydrogen) atoms. The summed E-state index contributed by atoms with van der Waals surface area (Å²) in [7, 11) is 1.72. The normalized spacial score (nSPS) is 10.2. The maximum atomic E-state index is 10.5. The number of benzene rings is 1. The Balaban J connectivity index is 2.62. The SMILES string of the molecule is CNc1cnc2ccc([N+](=O)[O-])cc2n1. The van der Waals surface area contributed by atoms with E-state index in [1.54, 1.807) is 19.3 Å². The van der Waals surface area contributed by atoms with Crippen LogP contribution in [0.15, 0.2) is 24.4 Å². The first kappa shape index (κ1) is 9.32. The lowest BCUT2D eigenvalue weighted by Crippen LogP contribution is -1.95. The second kappa shape index (κ2) is 3.49. The van der Waals surface area contributed by atoms with Crippen LogP contribution < -0.4 is 5.32 Å². The highest BCUT2D eigenvalue weighted by molar-refractivity contribution is 5.78. The molecule has 0 radical (unpaired) electrons. The van der Waals surface area contributed by atoms with Crippen molar-refractivity contribution in [3.05, 3.63) is 34.5 Å². The standard InChI is InChI=1S/C9H8N4O2/c1-10-9-5-11-7-3-2-6(13(14)15)4-8(7)12-9/h2-5H,1H3,(H,10,12). The number of hydrogen-bond donors (Lipinski definition) is 1. The minimum absolute atomic E-state index is 0.0186. The summed E-state index contributed by atoms with van der Waals surface area (Å²) in [5, 5.41) is 13.4. The van der Waals surface area contributed by atoms with Gasteiger partial charge >= 0.3 is 0 Å². The van der Waals surface area contributed by atoms with Gasteiger partial charge in [0.25, 0.3) is 5.69 Å². The Labute approximate surface area is 85.1 Å². The molecule has 0 saturated heterocycles. The van der Waals surface area contributed by atoms with Crippen molar-refractivity contribution < 1.29 is 4.92 Å². The van der Waals surface area contributed by atoms with E-state index in [1.807, 2.05) is 0 Å². The first-order valence-corrected chi connectivity index (χ1v) is 4.29. The van der Waals surface area contributed by atoms with Gasteiger partial charge in [-0.15, -0.1) is 0 Å². The lowest BCUT2D eigenvalue weighted by Gasteiger charge is -2.00. The fourth-order valence-electron chi connectivity index (χ4n) is 1.23. The van der Waals surface area contributed by atoms with Crippen LogP contribution in [-0.2, 0) is 0 Å². The molecule has 0 saturated carbocycles. The summed E-state index contributed by atoms with van der Waals surface area (Å²) in [5.41, 5.74) is 1.17.